The summed E-state index contributed by atoms with van der Waals surface area (Å²) in [6.07, 6.45) is 2.30. The first-order valence-electron chi connectivity index (χ1n) is 8.48. The van der Waals surface area contributed by atoms with Crippen molar-refractivity contribution in [2.45, 2.75) is 45.2 Å². The van der Waals surface area contributed by atoms with Crippen molar-refractivity contribution in [2.75, 3.05) is 38.1 Å². The fourth-order valence-electron chi connectivity index (χ4n) is 2.70. The number of nitrogens with one attached hydrogen (secondary N) is 3. The molecule has 1 aliphatic rings. The normalized spacial score (nSPS) is 16.7. The minimum atomic E-state index is 0. The third-order valence-corrected chi connectivity index (χ3v) is 4.88. The zero-order chi connectivity index (χ0) is 16.7. The zero-order valence-electron chi connectivity index (χ0n) is 15.3. The largest absolute Gasteiger partial charge is 0.363 e. The van der Waals surface area contributed by atoms with Gasteiger partial charge in [-0.2, -0.15) is 0 Å². The number of hydrogen-bond acceptors (Lipinski definition) is 4. The van der Waals surface area contributed by atoms with Crippen molar-refractivity contribution in [3.63, 3.8) is 0 Å². The average molecular weight is 465 g/mol. The molecule has 1 aromatic heterocycles. The summed E-state index contributed by atoms with van der Waals surface area (Å²) in [6, 6.07) is 4.84. The Morgan fingerprint density at radius 1 is 1.29 bits per heavy atom. The molecule has 0 amide bonds. The van der Waals surface area contributed by atoms with Gasteiger partial charge in [0.2, 0.25) is 0 Å². The van der Waals surface area contributed by atoms with Gasteiger partial charge in [-0.15, -0.1) is 35.3 Å². The molecule has 2 heterocycles. The smallest absolute Gasteiger partial charge is 0.191 e. The highest BCUT2D eigenvalue weighted by molar-refractivity contribution is 14.0. The number of halogens is 1. The fraction of sp³-hybridized carbons (Fsp3) is 0.706. The number of piperidine rings is 1. The summed E-state index contributed by atoms with van der Waals surface area (Å²) in [5.74, 6) is 0.912. The number of anilines is 1. The second-order valence-electron chi connectivity index (χ2n) is 7.03. The Hall–Kier alpha value is -0.540. The van der Waals surface area contributed by atoms with Gasteiger partial charge in [0, 0.05) is 44.8 Å². The highest BCUT2D eigenvalue weighted by Gasteiger charge is 2.20. The maximum Gasteiger partial charge on any atom is 0.191 e. The molecule has 0 radical (unpaired) electrons. The molecule has 0 aliphatic carbocycles. The number of aliphatic imine (C=N–C) groups is 1. The van der Waals surface area contributed by atoms with Crippen molar-refractivity contribution in [2.24, 2.45) is 4.99 Å². The van der Waals surface area contributed by atoms with Crippen LogP contribution in [0.3, 0.4) is 0 Å². The molecule has 0 spiro atoms. The van der Waals surface area contributed by atoms with E-state index in [2.05, 4.69) is 64.1 Å². The maximum atomic E-state index is 4.34. The minimum absolute atomic E-state index is 0. The molecule has 3 N–H and O–H groups in total. The molecular weight excluding hydrogens is 433 g/mol. The highest BCUT2D eigenvalue weighted by Crippen LogP contribution is 2.24. The summed E-state index contributed by atoms with van der Waals surface area (Å²) in [5, 5.41) is 14.0. The Morgan fingerprint density at radius 3 is 2.54 bits per heavy atom. The standard InChI is InChI=1S/C17H31N5S.HI/c1-17(2,3)20-10-9-19-16(18-4)21-14-7-11-22(12-8-14)15-6-5-13-23-15;/h5-6,13-14,20H,7-12H2,1-4H3,(H2,18,19,21);1H. The molecule has 1 aromatic rings. The van der Waals surface area contributed by atoms with Gasteiger partial charge in [0.05, 0.1) is 5.00 Å². The van der Waals surface area contributed by atoms with Crippen molar-refractivity contribution in [1.29, 1.82) is 0 Å². The number of guanidine groups is 1. The lowest BCUT2D eigenvalue weighted by Crippen LogP contribution is -2.50. The third-order valence-electron chi connectivity index (χ3n) is 3.95. The van der Waals surface area contributed by atoms with Crippen molar-refractivity contribution in [3.05, 3.63) is 17.5 Å². The van der Waals surface area contributed by atoms with E-state index in [0.717, 1.165) is 45.0 Å². The Kier molecular flexibility index (Phi) is 9.36. The van der Waals surface area contributed by atoms with Gasteiger partial charge in [0.1, 0.15) is 0 Å². The first kappa shape index (κ1) is 21.5. The maximum absolute atomic E-state index is 4.34. The van der Waals surface area contributed by atoms with Crippen LogP contribution in [0.5, 0.6) is 0 Å². The van der Waals surface area contributed by atoms with Crippen LogP contribution in [0.15, 0.2) is 22.5 Å². The van der Waals surface area contributed by atoms with Crippen LogP contribution in [-0.4, -0.2) is 50.8 Å². The van der Waals surface area contributed by atoms with E-state index >= 15 is 0 Å². The summed E-state index contributed by atoms with van der Waals surface area (Å²) in [5.41, 5.74) is 0.160. The van der Waals surface area contributed by atoms with E-state index in [-0.39, 0.29) is 29.5 Å². The van der Waals surface area contributed by atoms with E-state index in [1.54, 1.807) is 0 Å². The van der Waals surface area contributed by atoms with Crippen LogP contribution < -0.4 is 20.9 Å². The highest BCUT2D eigenvalue weighted by atomic mass is 127. The molecule has 2 rings (SSSR count). The fourth-order valence-corrected chi connectivity index (χ4v) is 3.49. The zero-order valence-corrected chi connectivity index (χ0v) is 18.4. The second-order valence-corrected chi connectivity index (χ2v) is 7.96. The molecule has 0 bridgehead atoms. The van der Waals surface area contributed by atoms with E-state index in [1.807, 2.05) is 18.4 Å². The summed E-state index contributed by atoms with van der Waals surface area (Å²) >= 11 is 1.83. The molecule has 0 atom stereocenters. The van der Waals surface area contributed by atoms with Crippen molar-refractivity contribution in [3.8, 4) is 0 Å². The molecule has 1 fully saturated rings. The van der Waals surface area contributed by atoms with E-state index in [1.165, 1.54) is 5.00 Å². The molecule has 24 heavy (non-hydrogen) atoms. The van der Waals surface area contributed by atoms with Gasteiger partial charge in [0.25, 0.3) is 0 Å². The van der Waals surface area contributed by atoms with Crippen molar-refractivity contribution >= 4 is 46.3 Å². The lowest BCUT2D eigenvalue weighted by molar-refractivity contribution is 0.426. The van der Waals surface area contributed by atoms with Crippen LogP contribution in [0.1, 0.15) is 33.6 Å². The number of thiophene rings is 1. The minimum Gasteiger partial charge on any atom is -0.363 e. The van der Waals surface area contributed by atoms with E-state index in [9.17, 15) is 0 Å². The Bertz CT molecular complexity index is 476. The van der Waals surface area contributed by atoms with Crippen LogP contribution in [0, 0.1) is 0 Å². The van der Waals surface area contributed by atoms with Gasteiger partial charge in [0.15, 0.2) is 5.96 Å². The Morgan fingerprint density at radius 2 is 2.00 bits per heavy atom. The van der Waals surface area contributed by atoms with Gasteiger partial charge in [-0.05, 0) is 51.1 Å². The number of rotatable bonds is 5. The number of nitrogens with zero attached hydrogens (tertiary/aromatic N) is 2. The van der Waals surface area contributed by atoms with Crippen LogP contribution in [0.2, 0.25) is 0 Å². The molecule has 0 aromatic carbocycles. The van der Waals surface area contributed by atoms with Gasteiger partial charge in [-0.3, -0.25) is 4.99 Å². The summed E-state index contributed by atoms with van der Waals surface area (Å²) < 4.78 is 0. The average Bonchev–Trinajstić information content (AvgIpc) is 3.04. The van der Waals surface area contributed by atoms with Gasteiger partial charge in [-0.25, -0.2) is 0 Å². The first-order chi connectivity index (χ1) is 11.0. The Labute approximate surface area is 167 Å². The Balaban J connectivity index is 0.00000288. The van der Waals surface area contributed by atoms with Gasteiger partial charge in [-0.1, -0.05) is 0 Å². The van der Waals surface area contributed by atoms with Crippen LogP contribution in [0.25, 0.3) is 0 Å². The predicted molar refractivity (Wildman–Crippen MR) is 117 cm³/mol. The van der Waals surface area contributed by atoms with Gasteiger partial charge < -0.3 is 20.9 Å². The SMILES string of the molecule is CN=C(NCCNC(C)(C)C)NC1CCN(c2cccs2)CC1.I. The molecule has 5 nitrogen and oxygen atoms in total. The third kappa shape index (κ3) is 7.57. The van der Waals surface area contributed by atoms with E-state index in [0.29, 0.717) is 6.04 Å². The second kappa shape index (κ2) is 10.5. The molecule has 1 saturated heterocycles. The molecule has 0 unspecified atom stereocenters. The lowest BCUT2D eigenvalue weighted by Gasteiger charge is -2.33. The van der Waals surface area contributed by atoms with Crippen molar-refractivity contribution in [1.82, 2.24) is 16.0 Å². The molecule has 0 saturated carbocycles. The van der Waals surface area contributed by atoms with Gasteiger partial charge >= 0.3 is 0 Å². The van der Waals surface area contributed by atoms with Crippen LogP contribution in [0.4, 0.5) is 5.00 Å². The molecular formula is C17H32IN5S. The van der Waals surface area contributed by atoms with Crippen LogP contribution >= 0.6 is 35.3 Å². The first-order valence-corrected chi connectivity index (χ1v) is 9.36. The molecule has 7 heteroatoms. The van der Waals surface area contributed by atoms with Crippen molar-refractivity contribution < 1.29 is 0 Å². The molecule has 1 aliphatic heterocycles. The molecule has 138 valence electrons. The van der Waals surface area contributed by atoms with E-state index < -0.39 is 0 Å². The monoisotopic (exact) mass is 465 g/mol. The topological polar surface area (TPSA) is 51.7 Å². The predicted octanol–water partition coefficient (Wildman–Crippen LogP) is 2.89. The summed E-state index contributed by atoms with van der Waals surface area (Å²) in [4.78, 5) is 6.82. The number of hydrogen-bond donors (Lipinski definition) is 3. The van der Waals surface area contributed by atoms with E-state index in [4.69, 9.17) is 0 Å². The van der Waals surface area contributed by atoms with Crippen LogP contribution in [-0.2, 0) is 0 Å². The lowest BCUT2D eigenvalue weighted by atomic mass is 10.1. The quantitative estimate of drug-likeness (QED) is 0.271. The summed E-state index contributed by atoms with van der Waals surface area (Å²) in [7, 11) is 1.84. The summed E-state index contributed by atoms with van der Waals surface area (Å²) in [6.45, 7) is 10.6.